The van der Waals surface area contributed by atoms with Crippen molar-refractivity contribution in [2.75, 3.05) is 31.5 Å². The number of piperidine rings is 3. The number of Topliss-reactive ketones (excluding diaryl/α,β-unsaturated/α-hetero) is 1. The number of amides is 1. The molecular weight excluding hydrogens is 573 g/mol. The summed E-state index contributed by atoms with van der Waals surface area (Å²) < 4.78 is 37.8. The minimum absolute atomic E-state index is 0.00488. The standard InChI is InChI=1S/C15H20NO3S.C13H11NO.C2HF3O2/c1-11(17)19-15-9-16(5-2-12(15)3-6-16)8-14(18)13-4-7-20-10-13;15-13(11-7-3-1-4-8-11)14-12-9-5-2-6-10-12;3-2(4,5)1(6)7/h4,7,10,12,15H,2-3,5-6,8-9H2,1H3;1-10H,(H,14,15);(H,6,7)/q+1;;/p-1/t12?,15-,16?;;/m0../s1. The normalized spacial score (nSPS) is 20.6. The van der Waals surface area contributed by atoms with Crippen LogP contribution >= 0.6 is 11.3 Å². The van der Waals surface area contributed by atoms with Crippen LogP contribution in [0.3, 0.4) is 0 Å². The zero-order valence-corrected chi connectivity index (χ0v) is 23.7. The number of carboxylic acids is 1. The zero-order chi connectivity index (χ0) is 30.8. The number of nitrogens with one attached hydrogen (secondary N) is 1. The van der Waals surface area contributed by atoms with Gasteiger partial charge in [-0.05, 0) is 35.7 Å². The molecule has 1 aromatic heterocycles. The van der Waals surface area contributed by atoms with Gasteiger partial charge in [-0.1, -0.05) is 36.4 Å². The van der Waals surface area contributed by atoms with Crippen LogP contribution in [0.4, 0.5) is 18.9 Å². The molecule has 0 unspecified atom stereocenters. The maximum atomic E-state index is 12.4. The second-order valence-corrected chi connectivity index (χ2v) is 10.8. The van der Waals surface area contributed by atoms with Crippen LogP contribution in [0.15, 0.2) is 77.5 Å². The number of halogens is 3. The first-order chi connectivity index (χ1) is 19.9. The lowest BCUT2D eigenvalue weighted by Gasteiger charge is -2.51. The zero-order valence-electron chi connectivity index (χ0n) is 22.8. The number of hydrogen-bond acceptors (Lipinski definition) is 7. The molecule has 0 aliphatic carbocycles. The van der Waals surface area contributed by atoms with E-state index < -0.39 is 12.1 Å². The smallest absolute Gasteiger partial charge is 0.430 e. The number of nitrogens with zero attached hydrogens (tertiary/aromatic N) is 1. The van der Waals surface area contributed by atoms with Gasteiger partial charge in [-0.3, -0.25) is 14.4 Å². The van der Waals surface area contributed by atoms with Crippen LogP contribution in [0.1, 0.15) is 40.5 Å². The van der Waals surface area contributed by atoms with Gasteiger partial charge in [-0.15, -0.1) is 0 Å². The first-order valence-electron chi connectivity index (χ1n) is 13.2. The van der Waals surface area contributed by atoms with Crippen molar-refractivity contribution in [1.82, 2.24) is 0 Å². The molecule has 3 aliphatic heterocycles. The van der Waals surface area contributed by atoms with E-state index >= 15 is 0 Å². The van der Waals surface area contributed by atoms with Gasteiger partial charge in [-0.25, -0.2) is 0 Å². The summed E-state index contributed by atoms with van der Waals surface area (Å²) in [4.78, 5) is 44.1. The number of ether oxygens (including phenoxy) is 1. The average Bonchev–Trinajstić information content (AvgIpc) is 3.50. The SMILES string of the molecule is CC(=O)O[C@H]1C[N+]2(CC(=O)c3ccsc3)CCC1CC2.O=C(Nc1ccccc1)c1ccccc1.O=C([O-])C(F)(F)F. The van der Waals surface area contributed by atoms with E-state index in [1.165, 1.54) is 6.92 Å². The van der Waals surface area contributed by atoms with Crippen LogP contribution < -0.4 is 10.4 Å². The van der Waals surface area contributed by atoms with E-state index in [4.69, 9.17) is 14.6 Å². The Balaban J connectivity index is 0.000000194. The number of aliphatic carboxylic acids is 1. The Kier molecular flexibility index (Phi) is 11.4. The number of thiophene rings is 1. The van der Waals surface area contributed by atoms with Gasteiger partial charge < -0.3 is 24.4 Å². The highest BCUT2D eigenvalue weighted by molar-refractivity contribution is 7.08. The molecule has 3 aliphatic rings. The Morgan fingerprint density at radius 3 is 2.02 bits per heavy atom. The Morgan fingerprint density at radius 1 is 0.952 bits per heavy atom. The van der Waals surface area contributed by atoms with Crippen molar-refractivity contribution < 1.29 is 46.7 Å². The topological polar surface area (TPSA) is 113 Å². The van der Waals surface area contributed by atoms with Crippen molar-refractivity contribution in [3.63, 3.8) is 0 Å². The number of benzene rings is 2. The Bertz CT molecular complexity index is 1330. The molecule has 3 aromatic rings. The molecule has 0 spiro atoms. The maximum Gasteiger partial charge on any atom is 0.430 e. The molecule has 1 N–H and O–H groups in total. The van der Waals surface area contributed by atoms with Crippen molar-refractivity contribution in [3.05, 3.63) is 88.6 Å². The van der Waals surface area contributed by atoms with E-state index in [-0.39, 0.29) is 23.8 Å². The van der Waals surface area contributed by atoms with E-state index in [0.29, 0.717) is 18.0 Å². The number of ketones is 1. The Hall–Kier alpha value is -4.03. The molecule has 2 bridgehead atoms. The molecule has 0 saturated carbocycles. The van der Waals surface area contributed by atoms with E-state index in [0.717, 1.165) is 48.2 Å². The lowest BCUT2D eigenvalue weighted by atomic mass is 9.83. The third-order valence-corrected chi connectivity index (χ3v) is 7.66. The average molecular weight is 605 g/mol. The number of quaternary nitrogens is 1. The minimum Gasteiger partial charge on any atom is -0.542 e. The Labute approximate surface area is 245 Å². The summed E-state index contributed by atoms with van der Waals surface area (Å²) in [5, 5.41) is 15.5. The van der Waals surface area contributed by atoms with Crippen LogP contribution in [0.5, 0.6) is 0 Å². The van der Waals surface area contributed by atoms with Gasteiger partial charge in [0.25, 0.3) is 5.91 Å². The molecule has 1 amide bonds. The summed E-state index contributed by atoms with van der Waals surface area (Å²) >= 11 is 1.56. The van der Waals surface area contributed by atoms with E-state index in [2.05, 4.69) is 5.32 Å². The van der Waals surface area contributed by atoms with Crippen molar-refractivity contribution in [2.45, 2.75) is 32.0 Å². The monoisotopic (exact) mass is 604 g/mol. The number of fused-ring (bicyclic) bond motifs is 3. The lowest BCUT2D eigenvalue weighted by Crippen LogP contribution is -2.65. The van der Waals surface area contributed by atoms with Crippen LogP contribution in [-0.4, -0.2) is 66.6 Å². The fourth-order valence-electron chi connectivity index (χ4n) is 4.92. The van der Waals surface area contributed by atoms with Gasteiger partial charge in [0, 0.05) is 47.9 Å². The molecule has 0 radical (unpaired) electrons. The summed E-state index contributed by atoms with van der Waals surface area (Å²) in [7, 11) is 0. The summed E-state index contributed by atoms with van der Waals surface area (Å²) in [6.07, 6.45) is -3.06. The largest absolute Gasteiger partial charge is 0.542 e. The van der Waals surface area contributed by atoms with Crippen LogP contribution in [0.25, 0.3) is 0 Å². The highest BCUT2D eigenvalue weighted by atomic mass is 32.1. The highest BCUT2D eigenvalue weighted by Gasteiger charge is 2.48. The molecule has 4 heterocycles. The van der Waals surface area contributed by atoms with Gasteiger partial charge in [-0.2, -0.15) is 24.5 Å². The molecule has 2 aromatic carbocycles. The predicted molar refractivity (Wildman–Crippen MR) is 149 cm³/mol. The van der Waals surface area contributed by atoms with E-state index in [1.54, 1.807) is 23.5 Å². The number of carbonyl (C=O) groups is 4. The van der Waals surface area contributed by atoms with Crippen LogP contribution in [-0.2, 0) is 14.3 Å². The fraction of sp³-hybridized carbons (Fsp3) is 0.333. The second kappa shape index (κ2) is 14.7. The third-order valence-electron chi connectivity index (χ3n) is 6.98. The van der Waals surface area contributed by atoms with Gasteiger partial charge in [0.05, 0.1) is 13.1 Å². The van der Waals surface area contributed by atoms with Gasteiger partial charge in [0.15, 0.2) is 6.10 Å². The molecule has 8 nitrogen and oxygen atoms in total. The predicted octanol–water partition coefficient (Wildman–Crippen LogP) is 4.34. The van der Waals surface area contributed by atoms with Crippen molar-refractivity contribution in [1.29, 1.82) is 0 Å². The molecule has 1 atom stereocenters. The lowest BCUT2D eigenvalue weighted by molar-refractivity contribution is -0.938. The molecule has 12 heteroatoms. The number of carboxylic acid groups (broad SMARTS) is 1. The first-order valence-corrected chi connectivity index (χ1v) is 14.1. The molecule has 3 saturated heterocycles. The van der Waals surface area contributed by atoms with Crippen molar-refractivity contribution >= 4 is 40.7 Å². The van der Waals surface area contributed by atoms with Gasteiger partial charge in [0.2, 0.25) is 5.78 Å². The minimum atomic E-state index is -5.19. The summed E-state index contributed by atoms with van der Waals surface area (Å²) in [5.74, 6) is -2.58. The fourth-order valence-corrected chi connectivity index (χ4v) is 5.58. The summed E-state index contributed by atoms with van der Waals surface area (Å²) in [6, 6.07) is 20.5. The van der Waals surface area contributed by atoms with Crippen LogP contribution in [0, 0.1) is 5.92 Å². The summed E-state index contributed by atoms with van der Waals surface area (Å²) in [6.45, 7) is 4.90. The highest BCUT2D eigenvalue weighted by Crippen LogP contribution is 2.35. The second-order valence-electron chi connectivity index (χ2n) is 10.0. The number of anilines is 1. The van der Waals surface area contributed by atoms with E-state index in [9.17, 15) is 27.6 Å². The Morgan fingerprint density at radius 2 is 1.52 bits per heavy atom. The molecule has 6 rings (SSSR count). The maximum absolute atomic E-state index is 12.4. The van der Waals surface area contributed by atoms with Crippen molar-refractivity contribution in [2.24, 2.45) is 5.92 Å². The number of carbonyl (C=O) groups excluding carboxylic acids is 4. The quantitative estimate of drug-likeness (QED) is 0.255. The molecule has 42 heavy (non-hydrogen) atoms. The van der Waals surface area contributed by atoms with Gasteiger partial charge in [0.1, 0.15) is 19.1 Å². The number of hydrogen-bond donors (Lipinski definition) is 1. The van der Waals surface area contributed by atoms with Crippen molar-refractivity contribution in [3.8, 4) is 0 Å². The van der Waals surface area contributed by atoms with Gasteiger partial charge >= 0.3 is 12.1 Å². The molecule has 224 valence electrons. The molecule has 3 fully saturated rings. The number of alkyl halides is 3. The number of esters is 1. The number of para-hydroxylation sites is 1. The summed E-state index contributed by atoms with van der Waals surface area (Å²) in [5.41, 5.74) is 2.30. The van der Waals surface area contributed by atoms with Crippen LogP contribution in [0.2, 0.25) is 0 Å². The first kappa shape index (κ1) is 32.5. The number of rotatable bonds is 6. The molecular formula is C30H31F3N2O6S. The third kappa shape index (κ3) is 9.81. The van der Waals surface area contributed by atoms with E-state index in [1.807, 2.05) is 65.4 Å².